The molecule has 0 saturated carbocycles. The second-order valence-electron chi connectivity index (χ2n) is 5.25. The van der Waals surface area contributed by atoms with Crippen molar-refractivity contribution < 1.29 is 33.6 Å². The van der Waals surface area contributed by atoms with Gasteiger partial charge in [-0.3, -0.25) is 4.79 Å². The van der Waals surface area contributed by atoms with Crippen LogP contribution in [0.1, 0.15) is 15.9 Å². The van der Waals surface area contributed by atoms with Gasteiger partial charge < -0.3 is 28.8 Å². The molecule has 0 saturated heterocycles. The van der Waals surface area contributed by atoms with E-state index in [1.54, 1.807) is 18.2 Å². The molecule has 25 heavy (non-hydrogen) atoms. The van der Waals surface area contributed by atoms with Crippen LogP contribution in [0.15, 0.2) is 18.2 Å². The maximum Gasteiger partial charge on any atom is 0.231 e. The molecule has 2 aromatic carbocycles. The first-order valence-corrected chi connectivity index (χ1v) is 7.50. The van der Waals surface area contributed by atoms with Crippen molar-refractivity contribution in [2.45, 2.75) is 6.61 Å². The summed E-state index contributed by atoms with van der Waals surface area (Å²) in [6.07, 6.45) is 0.717. The normalized spacial score (nSPS) is 12.0. The van der Waals surface area contributed by atoms with E-state index in [0.29, 0.717) is 57.3 Å². The molecule has 0 radical (unpaired) electrons. The lowest BCUT2D eigenvalue weighted by molar-refractivity contribution is 0.112. The number of hydrogen-bond acceptors (Lipinski definition) is 7. The van der Waals surface area contributed by atoms with Gasteiger partial charge in [0.1, 0.15) is 0 Å². The van der Waals surface area contributed by atoms with Crippen molar-refractivity contribution in [3.63, 3.8) is 0 Å². The zero-order valence-electron chi connectivity index (χ0n) is 14.1. The summed E-state index contributed by atoms with van der Waals surface area (Å²) in [5.74, 6) is 2.15. The SMILES string of the molecule is COc1cc(CO)c(-c2cc3c(cc2C=O)OCO3)c(OC)c1OC. The summed E-state index contributed by atoms with van der Waals surface area (Å²) in [7, 11) is 4.47. The van der Waals surface area contributed by atoms with Gasteiger partial charge >= 0.3 is 0 Å². The molecule has 0 unspecified atom stereocenters. The number of fused-ring (bicyclic) bond motifs is 1. The Morgan fingerprint density at radius 3 is 2.28 bits per heavy atom. The van der Waals surface area contributed by atoms with Crippen LogP contribution in [0.2, 0.25) is 0 Å². The fourth-order valence-corrected chi connectivity index (χ4v) is 2.90. The minimum Gasteiger partial charge on any atom is -0.493 e. The molecule has 0 amide bonds. The maximum absolute atomic E-state index is 11.6. The van der Waals surface area contributed by atoms with E-state index in [2.05, 4.69) is 0 Å². The van der Waals surface area contributed by atoms with E-state index in [4.69, 9.17) is 23.7 Å². The van der Waals surface area contributed by atoms with Crippen LogP contribution in [0.4, 0.5) is 0 Å². The monoisotopic (exact) mass is 346 g/mol. The highest BCUT2D eigenvalue weighted by atomic mass is 16.7. The van der Waals surface area contributed by atoms with Crippen molar-refractivity contribution >= 4 is 6.29 Å². The Labute approximate surface area is 144 Å². The van der Waals surface area contributed by atoms with Crippen LogP contribution in [-0.2, 0) is 6.61 Å². The highest BCUT2D eigenvalue weighted by Crippen LogP contribution is 2.49. The molecule has 7 nitrogen and oxygen atoms in total. The standard InChI is InChI=1S/C18H18O7/c1-21-15-5-11(8-20)16(18(23-3)17(15)22-2)12-6-14-13(24-9-25-14)4-10(12)7-19/h4-7,20H,8-9H2,1-3H3. The van der Waals surface area contributed by atoms with Gasteiger partial charge in [0.25, 0.3) is 0 Å². The Kier molecular flexibility index (Phi) is 4.67. The number of hydrogen-bond donors (Lipinski definition) is 1. The summed E-state index contributed by atoms with van der Waals surface area (Å²) in [6, 6.07) is 4.94. The number of ether oxygens (including phenoxy) is 5. The Morgan fingerprint density at radius 1 is 1.04 bits per heavy atom. The lowest BCUT2D eigenvalue weighted by Crippen LogP contribution is -2.02. The first-order valence-electron chi connectivity index (χ1n) is 7.50. The van der Waals surface area contributed by atoms with E-state index in [1.807, 2.05) is 0 Å². The molecule has 1 N–H and O–H groups in total. The average molecular weight is 346 g/mol. The van der Waals surface area contributed by atoms with Crippen LogP contribution in [0.3, 0.4) is 0 Å². The predicted octanol–water partition coefficient (Wildman–Crippen LogP) is 2.41. The Morgan fingerprint density at radius 2 is 1.72 bits per heavy atom. The first-order chi connectivity index (χ1) is 12.2. The fraction of sp³-hybridized carbons (Fsp3) is 0.278. The van der Waals surface area contributed by atoms with Gasteiger partial charge in [-0.1, -0.05) is 0 Å². The van der Waals surface area contributed by atoms with E-state index in [9.17, 15) is 9.90 Å². The van der Waals surface area contributed by atoms with Crippen LogP contribution in [0.5, 0.6) is 28.7 Å². The number of carbonyl (C=O) groups is 1. The second kappa shape index (κ2) is 6.90. The largest absolute Gasteiger partial charge is 0.493 e. The van der Waals surface area contributed by atoms with E-state index in [1.165, 1.54) is 21.3 Å². The molecule has 0 aromatic heterocycles. The fourth-order valence-electron chi connectivity index (χ4n) is 2.90. The molecule has 1 aliphatic rings. The van der Waals surface area contributed by atoms with Gasteiger partial charge in [0.2, 0.25) is 12.5 Å². The van der Waals surface area contributed by atoms with E-state index in [-0.39, 0.29) is 13.4 Å². The molecule has 0 aliphatic carbocycles. The van der Waals surface area contributed by atoms with Gasteiger partial charge in [-0.15, -0.1) is 0 Å². The molecule has 0 bridgehead atoms. The van der Waals surface area contributed by atoms with E-state index >= 15 is 0 Å². The van der Waals surface area contributed by atoms with Crippen molar-refractivity contribution in [3.05, 3.63) is 29.3 Å². The van der Waals surface area contributed by atoms with E-state index < -0.39 is 0 Å². The Hall–Kier alpha value is -2.93. The molecule has 0 spiro atoms. The average Bonchev–Trinajstić information content (AvgIpc) is 3.12. The smallest absolute Gasteiger partial charge is 0.231 e. The van der Waals surface area contributed by atoms with Crippen molar-refractivity contribution in [2.24, 2.45) is 0 Å². The highest BCUT2D eigenvalue weighted by Gasteiger charge is 2.26. The number of rotatable bonds is 6. The van der Waals surface area contributed by atoms with Crippen LogP contribution >= 0.6 is 0 Å². The zero-order valence-corrected chi connectivity index (χ0v) is 14.1. The number of aliphatic hydroxyl groups excluding tert-OH is 1. The van der Waals surface area contributed by atoms with E-state index in [0.717, 1.165) is 0 Å². The molecule has 3 rings (SSSR count). The number of aliphatic hydroxyl groups is 1. The zero-order chi connectivity index (χ0) is 18.0. The van der Waals surface area contributed by atoms with Crippen LogP contribution in [0, 0.1) is 0 Å². The summed E-state index contributed by atoms with van der Waals surface area (Å²) < 4.78 is 27.0. The van der Waals surface area contributed by atoms with Gasteiger partial charge in [-0.05, 0) is 23.8 Å². The summed E-state index contributed by atoms with van der Waals surface area (Å²) in [4.78, 5) is 11.6. The lowest BCUT2D eigenvalue weighted by atomic mass is 9.93. The Bertz CT molecular complexity index is 814. The van der Waals surface area contributed by atoms with Crippen molar-refractivity contribution in [2.75, 3.05) is 28.1 Å². The number of methoxy groups -OCH3 is 3. The quantitative estimate of drug-likeness (QED) is 0.804. The summed E-state index contributed by atoms with van der Waals surface area (Å²) >= 11 is 0. The van der Waals surface area contributed by atoms with Crippen molar-refractivity contribution in [3.8, 4) is 39.9 Å². The molecule has 0 atom stereocenters. The molecule has 0 fully saturated rings. The summed E-state index contributed by atoms with van der Waals surface area (Å²) in [5.41, 5.74) is 1.98. The highest BCUT2D eigenvalue weighted by molar-refractivity contribution is 5.93. The minimum absolute atomic E-state index is 0.0903. The van der Waals surface area contributed by atoms with Gasteiger partial charge in [0, 0.05) is 16.7 Å². The Balaban J connectivity index is 2.35. The van der Waals surface area contributed by atoms with Gasteiger partial charge in [-0.2, -0.15) is 0 Å². The molecule has 132 valence electrons. The summed E-state index contributed by atoms with van der Waals surface area (Å²) in [6.45, 7) is -0.189. The predicted molar refractivity (Wildman–Crippen MR) is 89.0 cm³/mol. The van der Waals surface area contributed by atoms with Gasteiger partial charge in [-0.25, -0.2) is 0 Å². The minimum atomic E-state index is -0.279. The first kappa shape index (κ1) is 16.9. The third-order valence-corrected chi connectivity index (χ3v) is 4.02. The summed E-state index contributed by atoms with van der Waals surface area (Å²) in [5, 5.41) is 9.84. The third-order valence-electron chi connectivity index (χ3n) is 4.02. The molecule has 2 aromatic rings. The van der Waals surface area contributed by atoms with Crippen LogP contribution < -0.4 is 23.7 Å². The lowest BCUT2D eigenvalue weighted by Gasteiger charge is -2.20. The maximum atomic E-state index is 11.6. The topological polar surface area (TPSA) is 83.5 Å². The molecule has 1 aliphatic heterocycles. The third kappa shape index (κ3) is 2.72. The number of aldehydes is 1. The number of benzene rings is 2. The molecule has 7 heteroatoms. The van der Waals surface area contributed by atoms with Crippen LogP contribution in [0.25, 0.3) is 11.1 Å². The van der Waals surface area contributed by atoms with Crippen molar-refractivity contribution in [1.29, 1.82) is 0 Å². The number of carbonyl (C=O) groups excluding carboxylic acids is 1. The van der Waals surface area contributed by atoms with Gasteiger partial charge in [0.15, 0.2) is 29.3 Å². The molecule has 1 heterocycles. The van der Waals surface area contributed by atoms with Crippen molar-refractivity contribution in [1.82, 2.24) is 0 Å². The second-order valence-corrected chi connectivity index (χ2v) is 5.25. The molecular formula is C18H18O7. The van der Waals surface area contributed by atoms with Gasteiger partial charge in [0.05, 0.1) is 27.9 Å². The molecular weight excluding hydrogens is 328 g/mol. The van der Waals surface area contributed by atoms with Crippen LogP contribution in [-0.4, -0.2) is 39.5 Å².